The zero-order chi connectivity index (χ0) is 22.5. The number of carbonyl (C=O) groups is 1. The molecule has 1 aromatic heterocycles. The quantitative estimate of drug-likeness (QED) is 0.583. The van der Waals surface area contributed by atoms with Crippen LogP contribution in [0.2, 0.25) is 0 Å². The molecule has 0 radical (unpaired) electrons. The Morgan fingerprint density at radius 1 is 1.19 bits per heavy atom. The maximum Gasteiger partial charge on any atom is 0.359 e. The molecule has 164 valence electrons. The van der Waals surface area contributed by atoms with E-state index < -0.39 is 5.97 Å². The minimum absolute atomic E-state index is 0.00182. The standard InChI is InChI=1S/C23H23N5O3S/c1-31-19-8-4-17(5-9-19)15-28-22(21(23(29)30)25-26-28)32-20-10-12-27(13-11-20)18-6-2-16(14-24)3-7-18/h2-9,20H,10-13,15H2,1H3,(H,29,30). The lowest BCUT2D eigenvalue weighted by molar-refractivity contribution is 0.0686. The summed E-state index contributed by atoms with van der Waals surface area (Å²) in [5.41, 5.74) is 2.74. The molecule has 1 N–H and O–H groups in total. The second-order valence-corrected chi connectivity index (χ2v) is 8.81. The minimum atomic E-state index is -1.07. The van der Waals surface area contributed by atoms with E-state index in [1.54, 1.807) is 23.6 Å². The topological polar surface area (TPSA) is 104 Å². The largest absolute Gasteiger partial charge is 0.497 e. The van der Waals surface area contributed by atoms with Gasteiger partial charge in [-0.2, -0.15) is 5.26 Å². The SMILES string of the molecule is COc1ccc(Cn2nnc(C(=O)O)c2SC2CCN(c3ccc(C#N)cc3)CC2)cc1. The molecule has 2 heterocycles. The first-order chi connectivity index (χ1) is 15.6. The first-order valence-electron chi connectivity index (χ1n) is 10.3. The van der Waals surface area contributed by atoms with Crippen LogP contribution in [0.3, 0.4) is 0 Å². The van der Waals surface area contributed by atoms with Gasteiger partial charge in [0.15, 0.2) is 0 Å². The Labute approximate surface area is 190 Å². The third-order valence-corrected chi connectivity index (χ3v) is 6.90. The summed E-state index contributed by atoms with van der Waals surface area (Å²) in [4.78, 5) is 14.0. The van der Waals surface area contributed by atoms with Crippen molar-refractivity contribution >= 4 is 23.4 Å². The molecular weight excluding hydrogens is 426 g/mol. The van der Waals surface area contributed by atoms with Gasteiger partial charge < -0.3 is 14.7 Å². The summed E-state index contributed by atoms with van der Waals surface area (Å²) < 4.78 is 6.87. The first kappa shape index (κ1) is 21.7. The van der Waals surface area contributed by atoms with Gasteiger partial charge in [0.25, 0.3) is 0 Å². The number of carboxylic acid groups (broad SMARTS) is 1. The average Bonchev–Trinajstić information content (AvgIpc) is 3.22. The molecule has 4 rings (SSSR count). The molecule has 1 aliphatic heterocycles. The molecule has 0 amide bonds. The number of carboxylic acids is 1. The predicted octanol–water partition coefficient (Wildman–Crippen LogP) is 3.67. The summed E-state index contributed by atoms with van der Waals surface area (Å²) in [5, 5.41) is 27.5. The summed E-state index contributed by atoms with van der Waals surface area (Å²) in [5.74, 6) is -0.300. The van der Waals surface area contributed by atoms with Gasteiger partial charge in [-0.3, -0.25) is 0 Å². The van der Waals surface area contributed by atoms with E-state index in [1.807, 2.05) is 48.5 Å². The van der Waals surface area contributed by atoms with Gasteiger partial charge in [-0.1, -0.05) is 17.3 Å². The molecule has 32 heavy (non-hydrogen) atoms. The van der Waals surface area contributed by atoms with Gasteiger partial charge in [0.05, 0.1) is 25.3 Å². The minimum Gasteiger partial charge on any atom is -0.497 e. The molecule has 9 heteroatoms. The first-order valence-corrected chi connectivity index (χ1v) is 11.2. The number of rotatable bonds is 7. The van der Waals surface area contributed by atoms with Crippen LogP contribution in [-0.4, -0.2) is 51.5 Å². The summed E-state index contributed by atoms with van der Waals surface area (Å²) >= 11 is 1.55. The van der Waals surface area contributed by atoms with Crippen molar-refractivity contribution in [3.63, 3.8) is 0 Å². The lowest BCUT2D eigenvalue weighted by atomic mass is 10.1. The molecule has 0 unspecified atom stereocenters. The Morgan fingerprint density at radius 3 is 2.47 bits per heavy atom. The van der Waals surface area contributed by atoms with Gasteiger partial charge in [0.1, 0.15) is 10.8 Å². The van der Waals surface area contributed by atoms with Crippen LogP contribution >= 0.6 is 11.8 Å². The highest BCUT2D eigenvalue weighted by molar-refractivity contribution is 8.00. The molecule has 2 aromatic carbocycles. The molecule has 0 saturated carbocycles. The fourth-order valence-electron chi connectivity index (χ4n) is 3.70. The number of aromatic nitrogens is 3. The smallest absolute Gasteiger partial charge is 0.359 e. The van der Waals surface area contributed by atoms with Crippen molar-refractivity contribution in [2.75, 3.05) is 25.1 Å². The molecule has 0 bridgehead atoms. The van der Waals surface area contributed by atoms with Crippen molar-refractivity contribution in [1.29, 1.82) is 5.26 Å². The Hall–Kier alpha value is -3.51. The second-order valence-electron chi connectivity index (χ2n) is 7.52. The zero-order valence-corrected chi connectivity index (χ0v) is 18.5. The van der Waals surface area contributed by atoms with Crippen LogP contribution in [0.5, 0.6) is 5.75 Å². The number of benzene rings is 2. The number of hydrogen-bond acceptors (Lipinski definition) is 7. The van der Waals surface area contributed by atoms with Crippen molar-refractivity contribution in [2.45, 2.75) is 29.7 Å². The van der Waals surface area contributed by atoms with Crippen LogP contribution in [0.25, 0.3) is 0 Å². The van der Waals surface area contributed by atoms with E-state index in [0.29, 0.717) is 17.1 Å². The van der Waals surface area contributed by atoms with Gasteiger partial charge in [-0.25, -0.2) is 9.48 Å². The van der Waals surface area contributed by atoms with Crippen LogP contribution < -0.4 is 9.64 Å². The van der Waals surface area contributed by atoms with Crippen LogP contribution in [0.1, 0.15) is 34.5 Å². The summed E-state index contributed by atoms with van der Waals surface area (Å²) in [6.45, 7) is 2.18. The van der Waals surface area contributed by atoms with Gasteiger partial charge in [-0.05, 0) is 54.8 Å². The summed E-state index contributed by atoms with van der Waals surface area (Å²) in [7, 11) is 1.62. The van der Waals surface area contributed by atoms with E-state index in [-0.39, 0.29) is 10.9 Å². The highest BCUT2D eigenvalue weighted by Crippen LogP contribution is 2.33. The van der Waals surface area contributed by atoms with Crippen molar-refractivity contribution in [2.24, 2.45) is 0 Å². The van der Waals surface area contributed by atoms with Gasteiger partial charge in [-0.15, -0.1) is 16.9 Å². The molecule has 1 saturated heterocycles. The maximum absolute atomic E-state index is 11.7. The number of thioether (sulfide) groups is 1. The molecule has 1 aliphatic rings. The van der Waals surface area contributed by atoms with E-state index in [9.17, 15) is 9.90 Å². The van der Waals surface area contributed by atoms with E-state index in [2.05, 4.69) is 21.3 Å². The number of piperidine rings is 1. The Morgan fingerprint density at radius 2 is 1.88 bits per heavy atom. The summed E-state index contributed by atoms with van der Waals surface area (Å²) in [6.07, 6.45) is 1.83. The molecule has 8 nitrogen and oxygen atoms in total. The number of nitrogens with zero attached hydrogens (tertiary/aromatic N) is 5. The van der Waals surface area contributed by atoms with Crippen molar-refractivity contribution in [3.05, 3.63) is 65.4 Å². The highest BCUT2D eigenvalue weighted by Gasteiger charge is 2.26. The Kier molecular flexibility index (Phi) is 6.61. The van der Waals surface area contributed by atoms with E-state index in [0.717, 1.165) is 42.9 Å². The van der Waals surface area contributed by atoms with E-state index in [4.69, 9.17) is 10.00 Å². The Balaban J connectivity index is 1.44. The summed E-state index contributed by atoms with van der Waals surface area (Å²) in [6, 6.07) is 17.4. The normalized spacial score (nSPS) is 14.2. The monoisotopic (exact) mass is 449 g/mol. The number of hydrogen-bond donors (Lipinski definition) is 1. The zero-order valence-electron chi connectivity index (χ0n) is 17.6. The molecule has 0 spiro atoms. The number of methoxy groups -OCH3 is 1. The number of nitriles is 1. The fraction of sp³-hybridized carbons (Fsp3) is 0.304. The average molecular weight is 450 g/mol. The highest BCUT2D eigenvalue weighted by atomic mass is 32.2. The molecular formula is C23H23N5O3S. The molecule has 0 aliphatic carbocycles. The predicted molar refractivity (Wildman–Crippen MR) is 121 cm³/mol. The fourth-order valence-corrected chi connectivity index (χ4v) is 4.92. The van der Waals surface area contributed by atoms with Gasteiger partial charge in [0.2, 0.25) is 5.69 Å². The Bertz CT molecular complexity index is 1110. The van der Waals surface area contributed by atoms with Crippen LogP contribution in [0, 0.1) is 11.3 Å². The third-order valence-electron chi connectivity index (χ3n) is 5.47. The number of ether oxygens (including phenoxy) is 1. The van der Waals surface area contributed by atoms with Crippen molar-refractivity contribution < 1.29 is 14.6 Å². The van der Waals surface area contributed by atoms with Crippen LogP contribution in [0.4, 0.5) is 5.69 Å². The second kappa shape index (κ2) is 9.75. The maximum atomic E-state index is 11.7. The van der Waals surface area contributed by atoms with E-state index >= 15 is 0 Å². The molecule has 3 aromatic rings. The van der Waals surface area contributed by atoms with Gasteiger partial charge >= 0.3 is 5.97 Å². The molecule has 1 fully saturated rings. The third kappa shape index (κ3) is 4.86. The van der Waals surface area contributed by atoms with Crippen molar-refractivity contribution in [3.8, 4) is 11.8 Å². The van der Waals surface area contributed by atoms with Gasteiger partial charge in [0, 0.05) is 24.0 Å². The van der Waals surface area contributed by atoms with Crippen LogP contribution in [0.15, 0.2) is 53.6 Å². The lowest BCUT2D eigenvalue weighted by Gasteiger charge is -2.33. The van der Waals surface area contributed by atoms with E-state index in [1.165, 1.54) is 0 Å². The lowest BCUT2D eigenvalue weighted by Crippen LogP contribution is -2.34. The number of aromatic carboxylic acids is 1. The van der Waals surface area contributed by atoms with Crippen LogP contribution in [-0.2, 0) is 6.54 Å². The number of anilines is 1. The molecule has 0 atom stereocenters. The van der Waals surface area contributed by atoms with Crippen molar-refractivity contribution in [1.82, 2.24) is 15.0 Å².